The molecule has 2 aliphatic heterocycles. The number of para-hydroxylation sites is 1. The minimum absolute atomic E-state index is 0.264. The number of Topliss-reactive ketones (excluding diaryl/α,β-unsaturated/α-hetero) is 1. The lowest BCUT2D eigenvalue weighted by molar-refractivity contribution is -0.140. The molecular weight excluding hydrogens is 399 g/mol. The zero-order valence-corrected chi connectivity index (χ0v) is 16.5. The third-order valence-corrected chi connectivity index (χ3v) is 5.64. The van der Waals surface area contributed by atoms with Crippen LogP contribution in [0.25, 0.3) is 0 Å². The number of nitrogens with one attached hydrogen (secondary N) is 1. The maximum absolute atomic E-state index is 13.8. The fraction of sp³-hybridized carbons (Fsp3) is 0.125. The predicted molar refractivity (Wildman–Crippen MR) is 112 cm³/mol. The molecule has 0 fully saturated rings. The number of amides is 1. The van der Waals surface area contributed by atoms with Gasteiger partial charge in [-0.25, -0.2) is 4.39 Å². The van der Waals surface area contributed by atoms with E-state index in [1.807, 2.05) is 0 Å². The Morgan fingerprint density at radius 2 is 1.87 bits per heavy atom. The minimum Gasteiger partial charge on any atom is -0.497 e. The maximum Gasteiger partial charge on any atom is 0.277 e. The largest absolute Gasteiger partial charge is 0.497 e. The maximum atomic E-state index is 13.8. The van der Waals surface area contributed by atoms with Gasteiger partial charge in [0.15, 0.2) is 5.78 Å². The molecule has 0 aliphatic carbocycles. The average Bonchev–Trinajstić information content (AvgIpc) is 3.33. The lowest BCUT2D eigenvalue weighted by Crippen LogP contribution is -2.46. The van der Waals surface area contributed by atoms with Crippen LogP contribution in [0.2, 0.25) is 0 Å². The van der Waals surface area contributed by atoms with E-state index in [9.17, 15) is 14.0 Å². The number of benzene rings is 3. The van der Waals surface area contributed by atoms with E-state index in [0.717, 1.165) is 0 Å². The van der Waals surface area contributed by atoms with E-state index in [4.69, 9.17) is 9.57 Å². The van der Waals surface area contributed by atoms with Crippen LogP contribution in [-0.2, 0) is 15.2 Å². The Labute approximate surface area is 177 Å². The molecule has 2 aliphatic rings. The number of hydrogen-bond donors (Lipinski definition) is 1. The van der Waals surface area contributed by atoms with Gasteiger partial charge in [0.2, 0.25) is 0 Å². The van der Waals surface area contributed by atoms with Gasteiger partial charge in [-0.2, -0.15) is 0 Å². The van der Waals surface area contributed by atoms with E-state index < -0.39 is 23.2 Å². The van der Waals surface area contributed by atoms with Gasteiger partial charge in [0.05, 0.1) is 7.11 Å². The van der Waals surface area contributed by atoms with Gasteiger partial charge < -0.3 is 14.9 Å². The molecule has 0 saturated heterocycles. The van der Waals surface area contributed by atoms with Gasteiger partial charge >= 0.3 is 0 Å². The van der Waals surface area contributed by atoms with Crippen LogP contribution in [0.15, 0.2) is 78.0 Å². The van der Waals surface area contributed by atoms with Crippen molar-refractivity contribution >= 4 is 23.1 Å². The second-order valence-corrected chi connectivity index (χ2v) is 7.34. The Morgan fingerprint density at radius 1 is 1.10 bits per heavy atom. The molecule has 6 nitrogen and oxygen atoms in total. The molecule has 3 aromatic rings. The van der Waals surface area contributed by atoms with E-state index >= 15 is 0 Å². The number of nitrogens with zero attached hydrogens (tertiary/aromatic N) is 1. The Hall–Kier alpha value is -4.00. The SMILES string of the molecule is COc1cccc(C(=O)[C@H]2C(c3ccc(F)cc3)=NO[C@@]23C(=O)Nc2ccccc23)c1. The normalized spacial score (nSPS) is 21.3. The van der Waals surface area contributed by atoms with Crippen LogP contribution >= 0.6 is 0 Å². The monoisotopic (exact) mass is 416 g/mol. The molecule has 1 N–H and O–H groups in total. The Bertz CT molecular complexity index is 1240. The third-order valence-electron chi connectivity index (χ3n) is 5.64. The van der Waals surface area contributed by atoms with Gasteiger partial charge in [-0.1, -0.05) is 47.6 Å². The van der Waals surface area contributed by atoms with Gasteiger partial charge in [-0.05, 0) is 30.3 Å². The number of anilines is 1. The van der Waals surface area contributed by atoms with Crippen molar-refractivity contribution in [1.82, 2.24) is 0 Å². The smallest absolute Gasteiger partial charge is 0.277 e. The molecule has 0 radical (unpaired) electrons. The summed E-state index contributed by atoms with van der Waals surface area (Å²) in [4.78, 5) is 32.8. The summed E-state index contributed by atoms with van der Waals surface area (Å²) < 4.78 is 18.8. The van der Waals surface area contributed by atoms with Crippen LogP contribution in [0, 0.1) is 11.7 Å². The first-order chi connectivity index (χ1) is 15.0. The molecule has 31 heavy (non-hydrogen) atoms. The summed E-state index contributed by atoms with van der Waals surface area (Å²) in [5.74, 6) is -1.82. The molecule has 3 aromatic carbocycles. The van der Waals surface area contributed by atoms with Crippen LogP contribution in [0.1, 0.15) is 21.5 Å². The number of oxime groups is 1. The highest BCUT2D eigenvalue weighted by Crippen LogP contribution is 2.49. The van der Waals surface area contributed by atoms with Crippen molar-refractivity contribution in [3.8, 4) is 5.75 Å². The number of ether oxygens (including phenoxy) is 1. The van der Waals surface area contributed by atoms with Crippen LogP contribution in [0.4, 0.5) is 10.1 Å². The van der Waals surface area contributed by atoms with Crippen molar-refractivity contribution in [2.24, 2.45) is 11.1 Å². The molecule has 0 saturated carbocycles. The Morgan fingerprint density at radius 3 is 2.65 bits per heavy atom. The van der Waals surface area contributed by atoms with E-state index in [1.54, 1.807) is 48.5 Å². The fourth-order valence-corrected chi connectivity index (χ4v) is 4.14. The van der Waals surface area contributed by atoms with Crippen molar-refractivity contribution in [3.05, 3.63) is 95.3 Å². The van der Waals surface area contributed by atoms with E-state index in [1.165, 1.54) is 31.4 Å². The van der Waals surface area contributed by atoms with Gasteiger partial charge in [0, 0.05) is 22.4 Å². The highest BCUT2D eigenvalue weighted by Gasteiger charge is 2.63. The molecule has 1 amide bonds. The lowest BCUT2D eigenvalue weighted by atomic mass is 9.74. The van der Waals surface area contributed by atoms with Crippen LogP contribution in [0.5, 0.6) is 5.75 Å². The first-order valence-electron chi connectivity index (χ1n) is 9.66. The first kappa shape index (κ1) is 19.0. The predicted octanol–water partition coefficient (Wildman–Crippen LogP) is 3.92. The van der Waals surface area contributed by atoms with E-state index in [2.05, 4.69) is 10.5 Å². The summed E-state index contributed by atoms with van der Waals surface area (Å²) in [7, 11) is 1.51. The van der Waals surface area contributed by atoms with Crippen LogP contribution in [0.3, 0.4) is 0 Å². The molecule has 0 unspecified atom stereocenters. The zero-order chi connectivity index (χ0) is 21.6. The molecule has 2 heterocycles. The molecule has 0 aromatic heterocycles. The summed E-state index contributed by atoms with van der Waals surface area (Å²) in [6.07, 6.45) is 0. The van der Waals surface area contributed by atoms with Gasteiger partial charge in [0.25, 0.3) is 11.5 Å². The van der Waals surface area contributed by atoms with Crippen LogP contribution < -0.4 is 10.1 Å². The molecule has 1 spiro atoms. The van der Waals surface area contributed by atoms with Crippen molar-refractivity contribution < 1.29 is 23.6 Å². The average molecular weight is 416 g/mol. The molecule has 154 valence electrons. The van der Waals surface area contributed by atoms with Crippen molar-refractivity contribution in [2.75, 3.05) is 12.4 Å². The van der Waals surface area contributed by atoms with Gasteiger partial charge in [0.1, 0.15) is 23.2 Å². The van der Waals surface area contributed by atoms with E-state index in [-0.39, 0.29) is 11.5 Å². The number of fused-ring (bicyclic) bond motifs is 2. The van der Waals surface area contributed by atoms with Crippen molar-refractivity contribution in [1.29, 1.82) is 0 Å². The number of rotatable bonds is 4. The zero-order valence-electron chi connectivity index (χ0n) is 16.5. The number of carbonyl (C=O) groups excluding carboxylic acids is 2. The molecule has 0 bridgehead atoms. The summed E-state index contributed by atoms with van der Waals surface area (Å²) in [5.41, 5.74) is 0.548. The Kier molecular flexibility index (Phi) is 4.32. The molecular formula is C24H17FN2O4. The minimum atomic E-state index is -1.65. The number of halogens is 1. The second-order valence-electron chi connectivity index (χ2n) is 7.34. The fourth-order valence-electron chi connectivity index (χ4n) is 4.14. The summed E-state index contributed by atoms with van der Waals surface area (Å²) in [6.45, 7) is 0. The second kappa shape index (κ2) is 7.05. The highest BCUT2D eigenvalue weighted by atomic mass is 19.1. The van der Waals surface area contributed by atoms with Crippen molar-refractivity contribution in [3.63, 3.8) is 0 Å². The van der Waals surface area contributed by atoms with Crippen molar-refractivity contribution in [2.45, 2.75) is 5.60 Å². The lowest BCUT2D eigenvalue weighted by Gasteiger charge is -2.26. The topological polar surface area (TPSA) is 77.0 Å². The summed E-state index contributed by atoms with van der Waals surface area (Å²) in [5, 5.41) is 6.97. The quantitative estimate of drug-likeness (QED) is 0.654. The van der Waals surface area contributed by atoms with Gasteiger partial charge in [-0.3, -0.25) is 9.59 Å². The standard InChI is InChI=1S/C24H17FN2O4/c1-30-17-6-4-5-15(13-17)22(28)20-21(14-9-11-16(25)12-10-14)27-31-24(20)18-7-2-3-8-19(18)26-23(24)29/h2-13,20H,1H3,(H,26,29)/t20-,24-/m1/s1. The highest BCUT2D eigenvalue weighted by molar-refractivity contribution is 6.24. The van der Waals surface area contributed by atoms with E-state index in [0.29, 0.717) is 28.1 Å². The molecule has 7 heteroatoms. The van der Waals surface area contributed by atoms with Gasteiger partial charge in [-0.15, -0.1) is 0 Å². The number of methoxy groups -OCH3 is 1. The number of hydrogen-bond acceptors (Lipinski definition) is 5. The van der Waals surface area contributed by atoms with Crippen LogP contribution in [-0.4, -0.2) is 24.5 Å². The summed E-state index contributed by atoms with van der Waals surface area (Å²) >= 11 is 0. The summed E-state index contributed by atoms with van der Waals surface area (Å²) in [6, 6.07) is 19.3. The number of ketones is 1. The molecule has 5 rings (SSSR count). The number of carbonyl (C=O) groups is 2. The first-order valence-corrected chi connectivity index (χ1v) is 9.66. The Balaban J connectivity index is 1.69. The molecule has 2 atom stereocenters. The third kappa shape index (κ3) is 2.81.